The first kappa shape index (κ1) is 22.7. The van der Waals surface area contributed by atoms with Gasteiger partial charge >= 0.3 is 0 Å². The zero-order chi connectivity index (χ0) is 19.1. The van der Waals surface area contributed by atoms with Crippen molar-refractivity contribution in [1.82, 2.24) is 10.6 Å². The lowest BCUT2D eigenvalue weighted by atomic mass is 9.72. The van der Waals surface area contributed by atoms with Gasteiger partial charge in [-0.15, -0.1) is 24.0 Å². The maximum atomic E-state index is 5.66. The molecule has 2 aromatic carbocycles. The molecule has 0 saturated carbocycles. The van der Waals surface area contributed by atoms with Crippen LogP contribution in [0.5, 0.6) is 0 Å². The maximum Gasteiger partial charge on any atom is 0.191 e. The number of aryl methyl sites for hydroxylation is 2. The number of benzene rings is 2. The van der Waals surface area contributed by atoms with Gasteiger partial charge in [-0.1, -0.05) is 54.1 Å². The van der Waals surface area contributed by atoms with Crippen LogP contribution >= 0.6 is 24.0 Å². The second-order valence-corrected chi connectivity index (χ2v) is 7.48. The van der Waals surface area contributed by atoms with E-state index in [1.807, 2.05) is 7.05 Å². The SMILES string of the molecule is CN=C(NCc1cccc(C)c1)NCC1(c2ccccc2C)CCOCC1.I. The van der Waals surface area contributed by atoms with Crippen molar-refractivity contribution in [2.24, 2.45) is 4.99 Å². The highest BCUT2D eigenvalue weighted by Gasteiger charge is 2.35. The summed E-state index contributed by atoms with van der Waals surface area (Å²) in [5.41, 5.74) is 5.40. The summed E-state index contributed by atoms with van der Waals surface area (Å²) in [5, 5.41) is 7.02. The van der Waals surface area contributed by atoms with Crippen LogP contribution in [-0.4, -0.2) is 32.8 Å². The normalized spacial score (nSPS) is 16.2. The highest BCUT2D eigenvalue weighted by molar-refractivity contribution is 14.0. The highest BCUT2D eigenvalue weighted by Crippen LogP contribution is 2.36. The molecule has 0 atom stereocenters. The van der Waals surface area contributed by atoms with Crippen LogP contribution < -0.4 is 10.6 Å². The smallest absolute Gasteiger partial charge is 0.191 e. The monoisotopic (exact) mass is 493 g/mol. The predicted molar refractivity (Wildman–Crippen MR) is 128 cm³/mol. The standard InChI is InChI=1S/C23H31N3O.HI/c1-18-7-6-9-20(15-18)16-25-22(24-3)26-17-23(11-13-27-14-12-23)21-10-5-4-8-19(21)2;/h4-10,15H,11-14,16-17H2,1-3H3,(H2,24,25,26);1H. The van der Waals surface area contributed by atoms with Crippen molar-refractivity contribution in [3.05, 3.63) is 70.8 Å². The lowest BCUT2D eigenvalue weighted by Crippen LogP contribution is -2.48. The second kappa shape index (κ2) is 10.8. The lowest BCUT2D eigenvalue weighted by molar-refractivity contribution is 0.0512. The molecule has 0 unspecified atom stereocenters. The molecule has 2 N–H and O–H groups in total. The zero-order valence-corrected chi connectivity index (χ0v) is 19.5. The molecular formula is C23H32IN3O. The number of hydrogen-bond acceptors (Lipinski definition) is 2. The lowest BCUT2D eigenvalue weighted by Gasteiger charge is -2.39. The Morgan fingerprint density at radius 2 is 1.79 bits per heavy atom. The minimum Gasteiger partial charge on any atom is -0.381 e. The number of aliphatic imine (C=N–C) groups is 1. The van der Waals surface area contributed by atoms with E-state index in [1.165, 1.54) is 22.3 Å². The topological polar surface area (TPSA) is 45.7 Å². The van der Waals surface area contributed by atoms with E-state index in [0.29, 0.717) is 0 Å². The van der Waals surface area contributed by atoms with E-state index in [9.17, 15) is 0 Å². The van der Waals surface area contributed by atoms with E-state index in [2.05, 4.69) is 78.0 Å². The number of nitrogens with one attached hydrogen (secondary N) is 2. The van der Waals surface area contributed by atoms with Crippen LogP contribution in [0.2, 0.25) is 0 Å². The van der Waals surface area contributed by atoms with Gasteiger partial charge in [0.25, 0.3) is 0 Å². The molecule has 1 aliphatic rings. The van der Waals surface area contributed by atoms with Crippen molar-refractivity contribution in [2.75, 3.05) is 26.8 Å². The molecule has 1 aliphatic heterocycles. The van der Waals surface area contributed by atoms with Crippen molar-refractivity contribution in [3.8, 4) is 0 Å². The van der Waals surface area contributed by atoms with Crippen LogP contribution in [-0.2, 0) is 16.7 Å². The molecule has 0 spiro atoms. The summed E-state index contributed by atoms with van der Waals surface area (Å²) in [6, 6.07) is 17.3. The van der Waals surface area contributed by atoms with Crippen molar-refractivity contribution in [1.29, 1.82) is 0 Å². The highest BCUT2D eigenvalue weighted by atomic mass is 127. The second-order valence-electron chi connectivity index (χ2n) is 7.48. The average molecular weight is 493 g/mol. The Bertz CT molecular complexity index is 785. The Morgan fingerprint density at radius 1 is 1.04 bits per heavy atom. The van der Waals surface area contributed by atoms with Crippen LogP contribution in [0.15, 0.2) is 53.5 Å². The fraction of sp³-hybridized carbons (Fsp3) is 0.435. The van der Waals surface area contributed by atoms with Crippen molar-refractivity contribution in [3.63, 3.8) is 0 Å². The van der Waals surface area contributed by atoms with Crippen LogP contribution in [0, 0.1) is 13.8 Å². The van der Waals surface area contributed by atoms with Crippen molar-refractivity contribution in [2.45, 2.75) is 38.6 Å². The third kappa shape index (κ3) is 5.70. The van der Waals surface area contributed by atoms with Crippen molar-refractivity contribution >= 4 is 29.9 Å². The third-order valence-corrected chi connectivity index (χ3v) is 5.53. The van der Waals surface area contributed by atoms with Crippen LogP contribution in [0.3, 0.4) is 0 Å². The first-order valence-corrected chi connectivity index (χ1v) is 9.77. The Morgan fingerprint density at radius 3 is 2.46 bits per heavy atom. The molecule has 0 amide bonds. The molecule has 0 aliphatic carbocycles. The summed E-state index contributed by atoms with van der Waals surface area (Å²) >= 11 is 0. The van der Waals surface area contributed by atoms with Gasteiger partial charge < -0.3 is 15.4 Å². The number of halogens is 1. The van der Waals surface area contributed by atoms with Gasteiger partial charge in [0, 0.05) is 38.8 Å². The summed E-state index contributed by atoms with van der Waals surface area (Å²) < 4.78 is 5.66. The van der Waals surface area contributed by atoms with Gasteiger partial charge in [-0.2, -0.15) is 0 Å². The van der Waals surface area contributed by atoms with Gasteiger partial charge in [-0.25, -0.2) is 0 Å². The summed E-state index contributed by atoms with van der Waals surface area (Å²) in [6.45, 7) is 7.57. The van der Waals surface area contributed by atoms with E-state index in [1.54, 1.807) is 0 Å². The third-order valence-electron chi connectivity index (χ3n) is 5.53. The molecule has 0 bridgehead atoms. The van der Waals surface area contributed by atoms with E-state index < -0.39 is 0 Å². The Balaban J connectivity index is 0.00000280. The van der Waals surface area contributed by atoms with Gasteiger partial charge in [0.05, 0.1) is 0 Å². The van der Waals surface area contributed by atoms with E-state index in [0.717, 1.165) is 45.1 Å². The minimum atomic E-state index is 0. The molecular weight excluding hydrogens is 461 g/mol. The van der Waals surface area contributed by atoms with E-state index in [-0.39, 0.29) is 29.4 Å². The van der Waals surface area contributed by atoms with Gasteiger partial charge in [0.15, 0.2) is 5.96 Å². The maximum absolute atomic E-state index is 5.66. The molecule has 28 heavy (non-hydrogen) atoms. The fourth-order valence-electron chi connectivity index (χ4n) is 3.95. The van der Waals surface area contributed by atoms with Gasteiger partial charge in [-0.05, 0) is 43.4 Å². The predicted octanol–water partition coefficient (Wildman–Crippen LogP) is 4.33. The number of ether oxygens (including phenoxy) is 1. The summed E-state index contributed by atoms with van der Waals surface area (Å²) in [4.78, 5) is 4.42. The Labute approximate surface area is 186 Å². The van der Waals surface area contributed by atoms with Crippen LogP contribution in [0.1, 0.15) is 35.1 Å². The molecule has 0 radical (unpaired) electrons. The largest absolute Gasteiger partial charge is 0.381 e. The first-order valence-electron chi connectivity index (χ1n) is 9.77. The van der Waals surface area contributed by atoms with Crippen LogP contribution in [0.25, 0.3) is 0 Å². The molecule has 5 heteroatoms. The fourth-order valence-corrected chi connectivity index (χ4v) is 3.95. The van der Waals surface area contributed by atoms with Gasteiger partial charge in [0.1, 0.15) is 0 Å². The average Bonchev–Trinajstić information content (AvgIpc) is 2.69. The van der Waals surface area contributed by atoms with Crippen LogP contribution in [0.4, 0.5) is 0 Å². The number of nitrogens with zero attached hydrogens (tertiary/aromatic N) is 1. The molecule has 4 nitrogen and oxygen atoms in total. The van der Waals surface area contributed by atoms with E-state index in [4.69, 9.17) is 4.74 Å². The summed E-state index contributed by atoms with van der Waals surface area (Å²) in [5.74, 6) is 0.843. The summed E-state index contributed by atoms with van der Waals surface area (Å²) in [7, 11) is 1.83. The Kier molecular flexibility index (Phi) is 8.76. The molecule has 1 fully saturated rings. The first-order chi connectivity index (χ1) is 13.1. The molecule has 1 saturated heterocycles. The molecule has 152 valence electrons. The molecule has 0 aromatic heterocycles. The molecule has 2 aromatic rings. The zero-order valence-electron chi connectivity index (χ0n) is 17.1. The minimum absolute atomic E-state index is 0. The van der Waals surface area contributed by atoms with Gasteiger partial charge in [-0.3, -0.25) is 4.99 Å². The number of hydrogen-bond donors (Lipinski definition) is 2. The number of rotatable bonds is 5. The molecule has 3 rings (SSSR count). The van der Waals surface area contributed by atoms with Gasteiger partial charge in [0.2, 0.25) is 0 Å². The Hall–Kier alpha value is -1.60. The number of guanidine groups is 1. The molecule has 1 heterocycles. The quantitative estimate of drug-likeness (QED) is 0.370. The van der Waals surface area contributed by atoms with E-state index >= 15 is 0 Å². The summed E-state index contributed by atoms with van der Waals surface area (Å²) in [6.07, 6.45) is 2.06. The van der Waals surface area contributed by atoms with Crippen molar-refractivity contribution < 1.29 is 4.74 Å².